The Morgan fingerprint density at radius 3 is 2.68 bits per heavy atom. The second-order valence-electron chi connectivity index (χ2n) is 9.06. The fourth-order valence-electron chi connectivity index (χ4n) is 4.24. The summed E-state index contributed by atoms with van der Waals surface area (Å²) in [7, 11) is 0. The number of benzene rings is 1. The van der Waals surface area contributed by atoms with Gasteiger partial charge < -0.3 is 26.3 Å². The number of hydrogen-bond donors (Lipinski definition) is 4. The Morgan fingerprint density at radius 1 is 1.29 bits per heavy atom. The van der Waals surface area contributed by atoms with Gasteiger partial charge in [0.15, 0.2) is 0 Å². The Kier molecular flexibility index (Phi) is 5.48. The molecule has 0 bridgehead atoms. The molecule has 0 saturated heterocycles. The fraction of sp³-hybridized carbons (Fsp3) is 0.348. The van der Waals surface area contributed by atoms with Gasteiger partial charge >= 0.3 is 0 Å². The highest BCUT2D eigenvalue weighted by Gasteiger charge is 2.49. The van der Waals surface area contributed by atoms with Crippen LogP contribution in [0.15, 0.2) is 52.2 Å². The molecular formula is C23H27BrClN5O. The molecule has 6 N–H and O–H groups in total. The summed E-state index contributed by atoms with van der Waals surface area (Å²) in [6, 6.07) is 8.79. The van der Waals surface area contributed by atoms with Gasteiger partial charge in [-0.1, -0.05) is 25.4 Å². The average Bonchev–Trinajstić information content (AvgIpc) is 3.15. The van der Waals surface area contributed by atoms with E-state index in [1.54, 1.807) is 6.07 Å². The second kappa shape index (κ2) is 7.73. The molecule has 3 aromatic rings. The number of amidine groups is 1. The van der Waals surface area contributed by atoms with Gasteiger partial charge in [0.1, 0.15) is 11.6 Å². The summed E-state index contributed by atoms with van der Waals surface area (Å²) in [5.41, 5.74) is 15.9. The first kappa shape index (κ1) is 22.0. The van der Waals surface area contributed by atoms with Crippen molar-refractivity contribution in [1.82, 2.24) is 4.40 Å². The fourth-order valence-corrected chi connectivity index (χ4v) is 4.89. The van der Waals surface area contributed by atoms with Gasteiger partial charge in [-0.3, -0.25) is 0 Å². The molecule has 0 aliphatic heterocycles. The number of fused-ring (bicyclic) bond motifs is 1. The van der Waals surface area contributed by atoms with Crippen molar-refractivity contribution in [2.45, 2.75) is 45.2 Å². The molecule has 2 aromatic heterocycles. The highest BCUT2D eigenvalue weighted by atomic mass is 79.9. The standard InChI is InChI=1S/C23H27BrClN5O/c1-22(2)19(6-8-23(22,3)27)29-20-15(7-9-30-12-13(24)10-18(20)30)21(26)28-17-5-4-14(31)11-16(17)25/h4-5,7,9-12,19,29,31H,6,8,27H2,1-3H3,(H2,26,28)/t19-,23+/m1/s1. The van der Waals surface area contributed by atoms with E-state index in [2.05, 4.69) is 53.1 Å². The van der Waals surface area contributed by atoms with Crippen LogP contribution in [0.1, 0.15) is 39.2 Å². The number of halogens is 2. The highest BCUT2D eigenvalue weighted by Crippen LogP contribution is 2.46. The van der Waals surface area contributed by atoms with Gasteiger partial charge in [0.25, 0.3) is 0 Å². The number of phenols is 1. The summed E-state index contributed by atoms with van der Waals surface area (Å²) in [6.07, 6.45) is 5.85. The summed E-state index contributed by atoms with van der Waals surface area (Å²) in [6.45, 7) is 6.53. The number of rotatable bonds is 4. The lowest BCUT2D eigenvalue weighted by Gasteiger charge is -2.39. The van der Waals surface area contributed by atoms with Crippen LogP contribution in [-0.2, 0) is 0 Å². The van der Waals surface area contributed by atoms with E-state index < -0.39 is 0 Å². The summed E-state index contributed by atoms with van der Waals surface area (Å²) < 4.78 is 3.01. The Hall–Kier alpha value is -2.22. The molecular weight excluding hydrogens is 478 g/mol. The van der Waals surface area contributed by atoms with Crippen LogP contribution in [0.2, 0.25) is 5.02 Å². The Balaban J connectivity index is 1.82. The Bertz CT molecular complexity index is 1180. The molecule has 31 heavy (non-hydrogen) atoms. The number of nitrogens with two attached hydrogens (primary N) is 2. The maximum absolute atomic E-state index is 9.61. The van der Waals surface area contributed by atoms with Gasteiger partial charge in [0.05, 0.1) is 21.9 Å². The molecule has 1 aromatic carbocycles. The number of phenolic OH excluding ortho intramolecular Hbond substituents is 1. The maximum atomic E-state index is 9.61. The first-order valence-electron chi connectivity index (χ1n) is 10.2. The molecule has 0 unspecified atom stereocenters. The Morgan fingerprint density at radius 2 is 2.03 bits per heavy atom. The lowest BCUT2D eigenvalue weighted by atomic mass is 9.74. The number of nitrogens with zero attached hydrogens (tertiary/aromatic N) is 2. The summed E-state index contributed by atoms with van der Waals surface area (Å²) >= 11 is 9.82. The molecule has 0 spiro atoms. The van der Waals surface area contributed by atoms with E-state index in [9.17, 15) is 5.11 Å². The zero-order valence-electron chi connectivity index (χ0n) is 17.8. The number of nitrogens with one attached hydrogen (secondary N) is 1. The van der Waals surface area contributed by atoms with Crippen LogP contribution >= 0.6 is 27.5 Å². The predicted molar refractivity (Wildman–Crippen MR) is 132 cm³/mol. The molecule has 6 nitrogen and oxygen atoms in total. The normalized spacial score (nSPS) is 23.4. The third-order valence-corrected chi connectivity index (χ3v) is 7.54. The smallest absolute Gasteiger partial charge is 0.133 e. The second-order valence-corrected chi connectivity index (χ2v) is 10.4. The van der Waals surface area contributed by atoms with Gasteiger partial charge in [-0.25, -0.2) is 4.99 Å². The van der Waals surface area contributed by atoms with E-state index in [0.717, 1.165) is 34.1 Å². The number of anilines is 1. The molecule has 1 fully saturated rings. The van der Waals surface area contributed by atoms with E-state index in [0.29, 0.717) is 16.5 Å². The minimum Gasteiger partial charge on any atom is -0.508 e. The maximum Gasteiger partial charge on any atom is 0.133 e. The van der Waals surface area contributed by atoms with Crippen molar-refractivity contribution in [2.75, 3.05) is 5.32 Å². The van der Waals surface area contributed by atoms with Crippen LogP contribution in [0.3, 0.4) is 0 Å². The first-order chi connectivity index (χ1) is 14.5. The average molecular weight is 505 g/mol. The van der Waals surface area contributed by atoms with Crippen molar-refractivity contribution < 1.29 is 5.11 Å². The van der Waals surface area contributed by atoms with Gasteiger partial charge in [-0.2, -0.15) is 0 Å². The molecule has 164 valence electrons. The molecule has 1 aliphatic rings. The Labute approximate surface area is 195 Å². The number of aromatic nitrogens is 1. The van der Waals surface area contributed by atoms with E-state index in [-0.39, 0.29) is 22.7 Å². The topological polar surface area (TPSA) is 101 Å². The van der Waals surface area contributed by atoms with Crippen LogP contribution in [-0.4, -0.2) is 26.9 Å². The summed E-state index contributed by atoms with van der Waals surface area (Å²) in [5.74, 6) is 0.416. The third kappa shape index (κ3) is 3.90. The zero-order valence-corrected chi connectivity index (χ0v) is 20.1. The molecule has 4 rings (SSSR count). The number of hydrogen-bond acceptors (Lipinski definition) is 4. The van der Waals surface area contributed by atoms with Gasteiger partial charge in [-0.05, 0) is 60.0 Å². The van der Waals surface area contributed by atoms with Crippen molar-refractivity contribution in [3.05, 3.63) is 57.8 Å². The van der Waals surface area contributed by atoms with Crippen LogP contribution in [0.25, 0.3) is 5.52 Å². The van der Waals surface area contributed by atoms with Crippen molar-refractivity contribution in [2.24, 2.45) is 21.9 Å². The van der Waals surface area contributed by atoms with Crippen molar-refractivity contribution >= 4 is 50.3 Å². The largest absolute Gasteiger partial charge is 0.508 e. The summed E-state index contributed by atoms with van der Waals surface area (Å²) in [4.78, 5) is 4.55. The quantitative estimate of drug-likeness (QED) is 0.282. The van der Waals surface area contributed by atoms with Gasteiger partial charge in [0.2, 0.25) is 0 Å². The minimum absolute atomic E-state index is 0.0811. The van der Waals surface area contributed by atoms with E-state index in [4.69, 9.17) is 23.1 Å². The molecule has 8 heteroatoms. The van der Waals surface area contributed by atoms with E-state index in [1.807, 2.05) is 22.9 Å². The van der Waals surface area contributed by atoms with Gasteiger partial charge in [0, 0.05) is 45.5 Å². The summed E-state index contributed by atoms with van der Waals surface area (Å²) in [5, 5.41) is 13.7. The molecule has 1 saturated carbocycles. The first-order valence-corrected chi connectivity index (χ1v) is 11.4. The predicted octanol–water partition coefficient (Wildman–Crippen LogP) is 5.42. The third-order valence-electron chi connectivity index (χ3n) is 6.80. The number of aromatic hydroxyl groups is 1. The molecule has 0 amide bonds. The highest BCUT2D eigenvalue weighted by molar-refractivity contribution is 9.10. The van der Waals surface area contributed by atoms with Crippen LogP contribution < -0.4 is 16.8 Å². The number of aliphatic imine (C=N–C) groups is 1. The lowest BCUT2D eigenvalue weighted by molar-refractivity contribution is 0.215. The van der Waals surface area contributed by atoms with Crippen LogP contribution in [0.4, 0.5) is 11.4 Å². The molecule has 0 radical (unpaired) electrons. The SMILES string of the molecule is CC1(C)[C@H](Nc2c(/C(N)=N/c3ccc(O)cc3Cl)ccn3cc(Br)cc23)CC[C@]1(C)N. The van der Waals surface area contributed by atoms with E-state index in [1.165, 1.54) is 12.1 Å². The van der Waals surface area contributed by atoms with E-state index >= 15 is 0 Å². The molecule has 1 aliphatic carbocycles. The van der Waals surface area contributed by atoms with Crippen molar-refractivity contribution in [1.29, 1.82) is 0 Å². The van der Waals surface area contributed by atoms with Gasteiger partial charge in [-0.15, -0.1) is 0 Å². The van der Waals surface area contributed by atoms with Crippen molar-refractivity contribution in [3.63, 3.8) is 0 Å². The minimum atomic E-state index is -0.266. The monoisotopic (exact) mass is 503 g/mol. The molecule has 2 heterocycles. The van der Waals surface area contributed by atoms with Crippen LogP contribution in [0.5, 0.6) is 5.75 Å². The zero-order chi connectivity index (χ0) is 22.6. The lowest BCUT2D eigenvalue weighted by Crippen LogP contribution is -2.51. The van der Waals surface area contributed by atoms with Crippen molar-refractivity contribution in [3.8, 4) is 5.75 Å². The molecule has 2 atom stereocenters. The number of pyridine rings is 1. The van der Waals surface area contributed by atoms with Crippen LogP contribution in [0, 0.1) is 5.41 Å².